The quantitative estimate of drug-likeness (QED) is 0.725. The summed E-state index contributed by atoms with van der Waals surface area (Å²) in [5.74, 6) is -0.166. The van der Waals surface area contributed by atoms with Crippen LogP contribution in [0.1, 0.15) is 46.0 Å². The summed E-state index contributed by atoms with van der Waals surface area (Å²) in [6.07, 6.45) is 5.16. The molecule has 15 heavy (non-hydrogen) atoms. The second-order valence-electron chi connectivity index (χ2n) is 4.11. The van der Waals surface area contributed by atoms with Crippen LogP contribution in [-0.2, 0) is 9.53 Å². The molecule has 0 radical (unpaired) electrons. The standard InChI is InChI=1S/C12H21NO2/c1-4-9(2)13-11-8-6-5-7-10(11)12(14)15-3/h9,13H,4-8H2,1-3H3. The van der Waals surface area contributed by atoms with Gasteiger partial charge in [0, 0.05) is 11.7 Å². The number of hydrogen-bond donors (Lipinski definition) is 1. The van der Waals surface area contributed by atoms with Gasteiger partial charge in [-0.05, 0) is 39.0 Å². The first-order valence-corrected chi connectivity index (χ1v) is 5.75. The van der Waals surface area contributed by atoms with Crippen molar-refractivity contribution in [2.45, 2.75) is 52.0 Å². The monoisotopic (exact) mass is 211 g/mol. The number of carbonyl (C=O) groups excluding carboxylic acids is 1. The molecule has 0 fully saturated rings. The molecule has 0 aliphatic heterocycles. The molecule has 3 heteroatoms. The Bertz CT molecular complexity index is 258. The van der Waals surface area contributed by atoms with Crippen molar-refractivity contribution in [2.75, 3.05) is 7.11 Å². The second-order valence-corrected chi connectivity index (χ2v) is 4.11. The van der Waals surface area contributed by atoms with Gasteiger partial charge in [-0.2, -0.15) is 0 Å². The fourth-order valence-corrected chi connectivity index (χ4v) is 1.81. The van der Waals surface area contributed by atoms with E-state index in [9.17, 15) is 4.79 Å². The molecular weight excluding hydrogens is 190 g/mol. The van der Waals surface area contributed by atoms with Gasteiger partial charge in [0.1, 0.15) is 0 Å². The van der Waals surface area contributed by atoms with Crippen LogP contribution in [0, 0.1) is 0 Å². The summed E-state index contributed by atoms with van der Waals surface area (Å²) in [4.78, 5) is 11.5. The summed E-state index contributed by atoms with van der Waals surface area (Å²) in [7, 11) is 1.45. The maximum atomic E-state index is 11.5. The summed E-state index contributed by atoms with van der Waals surface area (Å²) >= 11 is 0. The molecule has 1 unspecified atom stereocenters. The molecule has 1 aliphatic carbocycles. The normalized spacial score (nSPS) is 18.6. The van der Waals surface area contributed by atoms with Crippen molar-refractivity contribution >= 4 is 5.97 Å². The smallest absolute Gasteiger partial charge is 0.335 e. The van der Waals surface area contributed by atoms with Gasteiger partial charge in [0.25, 0.3) is 0 Å². The number of nitrogens with one attached hydrogen (secondary N) is 1. The Balaban J connectivity index is 2.76. The molecule has 1 atom stereocenters. The van der Waals surface area contributed by atoms with Crippen molar-refractivity contribution in [1.29, 1.82) is 0 Å². The molecule has 0 saturated heterocycles. The Hall–Kier alpha value is -0.990. The third kappa shape index (κ3) is 3.26. The van der Waals surface area contributed by atoms with Crippen LogP contribution in [-0.4, -0.2) is 19.1 Å². The van der Waals surface area contributed by atoms with Crippen molar-refractivity contribution in [3.8, 4) is 0 Å². The minimum absolute atomic E-state index is 0.166. The number of esters is 1. The molecule has 0 spiro atoms. The van der Waals surface area contributed by atoms with Crippen LogP contribution < -0.4 is 5.32 Å². The highest BCUT2D eigenvalue weighted by Crippen LogP contribution is 2.24. The Morgan fingerprint density at radius 1 is 1.47 bits per heavy atom. The molecule has 0 saturated carbocycles. The predicted octanol–water partition coefficient (Wildman–Crippen LogP) is 2.38. The van der Waals surface area contributed by atoms with Gasteiger partial charge in [-0.1, -0.05) is 6.92 Å². The van der Waals surface area contributed by atoms with Crippen molar-refractivity contribution < 1.29 is 9.53 Å². The third-order valence-electron chi connectivity index (χ3n) is 2.93. The van der Waals surface area contributed by atoms with Gasteiger partial charge in [-0.25, -0.2) is 4.79 Å². The van der Waals surface area contributed by atoms with Crippen LogP contribution in [0.25, 0.3) is 0 Å². The molecule has 0 aromatic carbocycles. The Morgan fingerprint density at radius 2 is 2.13 bits per heavy atom. The first kappa shape index (κ1) is 12.1. The van der Waals surface area contributed by atoms with E-state index >= 15 is 0 Å². The molecule has 1 aliphatic rings. The zero-order valence-corrected chi connectivity index (χ0v) is 9.93. The van der Waals surface area contributed by atoms with E-state index in [1.165, 1.54) is 13.5 Å². The van der Waals surface area contributed by atoms with Crippen LogP contribution in [0.2, 0.25) is 0 Å². The highest BCUT2D eigenvalue weighted by atomic mass is 16.5. The first-order chi connectivity index (χ1) is 7.19. The van der Waals surface area contributed by atoms with Crippen molar-refractivity contribution in [3.63, 3.8) is 0 Å². The average molecular weight is 211 g/mol. The Morgan fingerprint density at radius 3 is 2.73 bits per heavy atom. The number of ether oxygens (including phenoxy) is 1. The molecular formula is C12H21NO2. The van der Waals surface area contributed by atoms with Crippen LogP contribution in [0.5, 0.6) is 0 Å². The summed E-state index contributed by atoms with van der Waals surface area (Å²) < 4.78 is 4.80. The van der Waals surface area contributed by atoms with Gasteiger partial charge < -0.3 is 10.1 Å². The summed E-state index contributed by atoms with van der Waals surface area (Å²) in [5.41, 5.74) is 1.95. The van der Waals surface area contributed by atoms with Crippen molar-refractivity contribution in [3.05, 3.63) is 11.3 Å². The van der Waals surface area contributed by atoms with E-state index in [4.69, 9.17) is 4.74 Å². The van der Waals surface area contributed by atoms with E-state index in [-0.39, 0.29) is 5.97 Å². The Kier molecular flexibility index (Phi) is 4.66. The highest BCUT2D eigenvalue weighted by molar-refractivity contribution is 5.89. The van der Waals surface area contributed by atoms with E-state index in [1.807, 2.05) is 0 Å². The molecule has 1 rings (SSSR count). The number of allylic oxidation sites excluding steroid dienone is 1. The summed E-state index contributed by atoms with van der Waals surface area (Å²) in [6.45, 7) is 4.27. The van der Waals surface area contributed by atoms with E-state index in [0.29, 0.717) is 6.04 Å². The number of methoxy groups -OCH3 is 1. The maximum Gasteiger partial charge on any atom is 0.335 e. The molecule has 3 nitrogen and oxygen atoms in total. The lowest BCUT2D eigenvalue weighted by atomic mass is 9.95. The number of rotatable bonds is 4. The van der Waals surface area contributed by atoms with Gasteiger partial charge in [0.2, 0.25) is 0 Å². The van der Waals surface area contributed by atoms with Gasteiger partial charge in [0.15, 0.2) is 0 Å². The lowest BCUT2D eigenvalue weighted by Crippen LogP contribution is -2.28. The second kappa shape index (κ2) is 5.79. The van der Waals surface area contributed by atoms with Gasteiger partial charge >= 0.3 is 5.97 Å². The molecule has 0 amide bonds. The number of carbonyl (C=O) groups is 1. The van der Waals surface area contributed by atoms with Crippen LogP contribution in [0.4, 0.5) is 0 Å². The third-order valence-corrected chi connectivity index (χ3v) is 2.93. The zero-order chi connectivity index (χ0) is 11.3. The average Bonchev–Trinajstić information content (AvgIpc) is 2.28. The molecule has 0 bridgehead atoms. The minimum atomic E-state index is -0.166. The topological polar surface area (TPSA) is 38.3 Å². The van der Waals surface area contributed by atoms with E-state index < -0.39 is 0 Å². The van der Waals surface area contributed by atoms with Crippen molar-refractivity contribution in [2.24, 2.45) is 0 Å². The van der Waals surface area contributed by atoms with Crippen LogP contribution in [0.3, 0.4) is 0 Å². The largest absolute Gasteiger partial charge is 0.466 e. The van der Waals surface area contributed by atoms with E-state index in [2.05, 4.69) is 19.2 Å². The van der Waals surface area contributed by atoms with Gasteiger partial charge in [-0.15, -0.1) is 0 Å². The molecule has 0 heterocycles. The fourth-order valence-electron chi connectivity index (χ4n) is 1.81. The molecule has 0 aromatic heterocycles. The fraction of sp³-hybridized carbons (Fsp3) is 0.750. The van der Waals surface area contributed by atoms with E-state index in [0.717, 1.165) is 37.0 Å². The van der Waals surface area contributed by atoms with Crippen LogP contribution >= 0.6 is 0 Å². The minimum Gasteiger partial charge on any atom is -0.466 e. The lowest BCUT2D eigenvalue weighted by molar-refractivity contribution is -0.136. The van der Waals surface area contributed by atoms with Crippen molar-refractivity contribution in [1.82, 2.24) is 5.32 Å². The highest BCUT2D eigenvalue weighted by Gasteiger charge is 2.20. The zero-order valence-electron chi connectivity index (χ0n) is 9.93. The molecule has 1 N–H and O–H groups in total. The number of hydrogen-bond acceptors (Lipinski definition) is 3. The SMILES string of the molecule is CCC(C)NC1=C(C(=O)OC)CCCC1. The molecule has 0 aromatic rings. The Labute approximate surface area is 91.9 Å². The molecule has 86 valence electrons. The lowest BCUT2D eigenvalue weighted by Gasteiger charge is -2.23. The maximum absolute atomic E-state index is 11.5. The van der Waals surface area contributed by atoms with Gasteiger partial charge in [-0.3, -0.25) is 0 Å². The van der Waals surface area contributed by atoms with E-state index in [1.54, 1.807) is 0 Å². The van der Waals surface area contributed by atoms with Crippen LogP contribution in [0.15, 0.2) is 11.3 Å². The summed E-state index contributed by atoms with van der Waals surface area (Å²) in [5, 5.41) is 3.41. The van der Waals surface area contributed by atoms with Gasteiger partial charge in [0.05, 0.1) is 12.7 Å². The summed E-state index contributed by atoms with van der Waals surface area (Å²) in [6, 6.07) is 0.428. The predicted molar refractivity (Wildman–Crippen MR) is 60.4 cm³/mol. The first-order valence-electron chi connectivity index (χ1n) is 5.75.